The third-order valence-electron chi connectivity index (χ3n) is 8.69. The molecule has 10 heteroatoms. The van der Waals surface area contributed by atoms with Gasteiger partial charge in [0.15, 0.2) is 5.60 Å². The van der Waals surface area contributed by atoms with E-state index in [9.17, 15) is 19.5 Å². The molecule has 1 unspecified atom stereocenters. The fraction of sp³-hybridized carbons (Fsp3) is 0.308. The van der Waals surface area contributed by atoms with Crippen molar-refractivity contribution in [2.75, 3.05) is 40.5 Å². The minimum Gasteiger partial charge on any atom is -0.497 e. The number of benzene rings is 4. The van der Waals surface area contributed by atoms with Crippen LogP contribution in [-0.2, 0) is 15.1 Å². The fourth-order valence-electron chi connectivity index (χ4n) is 5.98. The number of fused-ring (bicyclic) bond motifs is 3. The van der Waals surface area contributed by atoms with Crippen LogP contribution in [0, 0.1) is 0 Å². The molecule has 5 rings (SSSR count). The Morgan fingerprint density at radius 3 is 1.67 bits per heavy atom. The van der Waals surface area contributed by atoms with Crippen LogP contribution in [-0.4, -0.2) is 63.6 Å². The molecule has 0 aliphatic heterocycles. The quantitative estimate of drug-likeness (QED) is 0.0901. The number of carbonyl (C=O) groups excluding carboxylic acids is 3. The Kier molecular flexibility index (Phi) is 11.9. The zero-order chi connectivity index (χ0) is 34.6. The Balaban J connectivity index is 0.998. The lowest BCUT2D eigenvalue weighted by atomic mass is 9.86. The third-order valence-corrected chi connectivity index (χ3v) is 8.69. The maximum atomic E-state index is 13.5. The van der Waals surface area contributed by atoms with Crippen molar-refractivity contribution >= 4 is 18.0 Å². The Bertz CT molecular complexity index is 1680. The van der Waals surface area contributed by atoms with E-state index in [2.05, 4.69) is 34.9 Å². The summed E-state index contributed by atoms with van der Waals surface area (Å²) in [5.41, 5.74) is 3.07. The molecular formula is C39H42N2O8. The molecule has 10 nitrogen and oxygen atoms in total. The Morgan fingerprint density at radius 1 is 0.653 bits per heavy atom. The van der Waals surface area contributed by atoms with Crippen LogP contribution in [0.1, 0.15) is 58.6 Å². The van der Waals surface area contributed by atoms with Crippen molar-refractivity contribution in [1.29, 1.82) is 0 Å². The molecule has 256 valence electrons. The molecule has 1 atom stereocenters. The molecule has 2 amide bonds. The highest BCUT2D eigenvalue weighted by Gasteiger charge is 2.40. The van der Waals surface area contributed by atoms with Crippen molar-refractivity contribution in [3.8, 4) is 22.6 Å². The van der Waals surface area contributed by atoms with E-state index in [1.54, 1.807) is 48.5 Å². The molecule has 0 spiro atoms. The predicted molar refractivity (Wildman–Crippen MR) is 185 cm³/mol. The van der Waals surface area contributed by atoms with Crippen LogP contribution in [0.2, 0.25) is 0 Å². The number of nitrogens with one attached hydrogen (secondary N) is 2. The van der Waals surface area contributed by atoms with E-state index in [0.29, 0.717) is 31.0 Å². The molecule has 1 aliphatic carbocycles. The van der Waals surface area contributed by atoms with Gasteiger partial charge in [0.2, 0.25) is 5.78 Å². The highest BCUT2D eigenvalue weighted by molar-refractivity contribution is 6.03. The fourth-order valence-corrected chi connectivity index (χ4v) is 5.98. The molecule has 0 aromatic heterocycles. The molecule has 1 aliphatic rings. The first-order chi connectivity index (χ1) is 23.8. The number of carbonyl (C=O) groups is 3. The summed E-state index contributed by atoms with van der Waals surface area (Å²) in [6.07, 6.45) is 1.93. The molecule has 49 heavy (non-hydrogen) atoms. The van der Waals surface area contributed by atoms with Gasteiger partial charge in [0.05, 0.1) is 14.2 Å². The molecule has 0 bridgehead atoms. The van der Waals surface area contributed by atoms with Gasteiger partial charge in [-0.15, -0.1) is 0 Å². The van der Waals surface area contributed by atoms with Gasteiger partial charge in [-0.3, -0.25) is 4.79 Å². The second-order valence-electron chi connectivity index (χ2n) is 11.8. The number of ketones is 1. The van der Waals surface area contributed by atoms with E-state index in [0.717, 1.165) is 19.3 Å². The van der Waals surface area contributed by atoms with Crippen LogP contribution >= 0.6 is 0 Å². The van der Waals surface area contributed by atoms with Gasteiger partial charge in [-0.25, -0.2) is 9.59 Å². The van der Waals surface area contributed by atoms with E-state index in [4.69, 9.17) is 18.9 Å². The van der Waals surface area contributed by atoms with Crippen LogP contribution in [0.4, 0.5) is 9.59 Å². The Labute approximate surface area is 286 Å². The van der Waals surface area contributed by atoms with Crippen LogP contribution in [0.25, 0.3) is 11.1 Å². The largest absolute Gasteiger partial charge is 0.497 e. The van der Waals surface area contributed by atoms with Crippen molar-refractivity contribution < 1.29 is 38.4 Å². The highest BCUT2D eigenvalue weighted by Crippen LogP contribution is 2.44. The molecule has 0 radical (unpaired) electrons. The smallest absolute Gasteiger partial charge is 0.407 e. The molecule has 4 aromatic rings. The van der Waals surface area contributed by atoms with E-state index >= 15 is 0 Å². The molecule has 0 saturated heterocycles. The van der Waals surface area contributed by atoms with Gasteiger partial charge in [-0.05, 0) is 77.1 Å². The third kappa shape index (κ3) is 8.58. The number of ether oxygens (including phenoxy) is 4. The zero-order valence-corrected chi connectivity index (χ0v) is 27.8. The number of hydrogen-bond acceptors (Lipinski definition) is 8. The molecular weight excluding hydrogens is 624 g/mol. The number of unbranched alkanes of at least 4 members (excludes halogenated alkanes) is 3. The van der Waals surface area contributed by atoms with E-state index < -0.39 is 30.2 Å². The molecule has 4 aromatic carbocycles. The standard InChI is InChI=1S/C39H42N2O8/c1-46-29-19-15-27(16-20-29)36(42)39(45,28-17-21-30(47-2)22-18-28)26-49-38(44)41-24-10-4-3-9-23-40-37(43)48-25-35-33-13-7-5-11-31(33)32-12-6-8-14-34(32)35/h5-8,11-22,35,45H,3-4,9-10,23-26H2,1-2H3,(H,40,43)(H,41,44). The molecule has 0 saturated carbocycles. The van der Waals surface area contributed by atoms with Crippen LogP contribution in [0.3, 0.4) is 0 Å². The normalized spacial score (nSPS) is 13.0. The van der Waals surface area contributed by atoms with Gasteiger partial charge < -0.3 is 34.7 Å². The second-order valence-corrected chi connectivity index (χ2v) is 11.8. The summed E-state index contributed by atoms with van der Waals surface area (Å²) < 4.78 is 21.3. The lowest BCUT2D eigenvalue weighted by Crippen LogP contribution is -2.42. The van der Waals surface area contributed by atoms with E-state index in [1.807, 2.05) is 24.3 Å². The summed E-state index contributed by atoms with van der Waals surface area (Å²) in [5.74, 6) is 0.504. The number of alkyl carbamates (subject to hydrolysis) is 2. The average molecular weight is 667 g/mol. The Morgan fingerprint density at radius 2 is 1.14 bits per heavy atom. The van der Waals surface area contributed by atoms with Crippen LogP contribution in [0.5, 0.6) is 11.5 Å². The first-order valence-corrected chi connectivity index (χ1v) is 16.4. The van der Waals surface area contributed by atoms with Gasteiger partial charge in [-0.2, -0.15) is 0 Å². The minimum absolute atomic E-state index is 0.0163. The van der Waals surface area contributed by atoms with Gasteiger partial charge in [0.1, 0.15) is 24.7 Å². The van der Waals surface area contributed by atoms with Crippen molar-refractivity contribution in [3.05, 3.63) is 119 Å². The molecule has 0 heterocycles. The number of methoxy groups -OCH3 is 2. The summed E-state index contributed by atoms with van der Waals surface area (Å²) in [6.45, 7) is 0.524. The van der Waals surface area contributed by atoms with E-state index in [1.165, 1.54) is 36.5 Å². The monoisotopic (exact) mass is 666 g/mol. The number of hydrogen-bond donors (Lipinski definition) is 3. The van der Waals surface area contributed by atoms with Crippen molar-refractivity contribution in [3.63, 3.8) is 0 Å². The maximum Gasteiger partial charge on any atom is 0.407 e. The lowest BCUT2D eigenvalue weighted by molar-refractivity contribution is -0.0103. The summed E-state index contributed by atoms with van der Waals surface area (Å²) in [7, 11) is 3.03. The summed E-state index contributed by atoms with van der Waals surface area (Å²) in [4.78, 5) is 38.4. The Hall–Kier alpha value is -5.35. The van der Waals surface area contributed by atoms with Gasteiger partial charge in [0, 0.05) is 24.6 Å². The number of amides is 2. The summed E-state index contributed by atoms with van der Waals surface area (Å²) >= 11 is 0. The summed E-state index contributed by atoms with van der Waals surface area (Å²) in [5, 5.41) is 17.1. The lowest BCUT2D eigenvalue weighted by Gasteiger charge is -2.27. The van der Waals surface area contributed by atoms with Gasteiger partial charge in [-0.1, -0.05) is 73.5 Å². The first kappa shape index (κ1) is 35.0. The SMILES string of the molecule is COc1ccc(C(=O)C(O)(COC(=O)NCCCCCCNC(=O)OCC2c3ccccc3-c3ccccc32)c2ccc(OC)cc2)cc1. The molecule has 0 fully saturated rings. The first-order valence-electron chi connectivity index (χ1n) is 16.4. The van der Waals surface area contributed by atoms with Gasteiger partial charge >= 0.3 is 12.2 Å². The van der Waals surface area contributed by atoms with Crippen molar-refractivity contribution in [2.24, 2.45) is 0 Å². The topological polar surface area (TPSA) is 132 Å². The predicted octanol–water partition coefficient (Wildman–Crippen LogP) is 6.60. The zero-order valence-electron chi connectivity index (χ0n) is 27.8. The number of rotatable bonds is 16. The van der Waals surface area contributed by atoms with E-state index in [-0.39, 0.29) is 23.7 Å². The van der Waals surface area contributed by atoms with Crippen molar-refractivity contribution in [2.45, 2.75) is 37.2 Å². The second kappa shape index (κ2) is 16.7. The average Bonchev–Trinajstić information content (AvgIpc) is 3.47. The molecule has 3 N–H and O–H groups in total. The minimum atomic E-state index is -2.13. The van der Waals surface area contributed by atoms with Crippen LogP contribution in [0.15, 0.2) is 97.1 Å². The van der Waals surface area contributed by atoms with Crippen LogP contribution < -0.4 is 20.1 Å². The highest BCUT2D eigenvalue weighted by atomic mass is 16.6. The summed E-state index contributed by atoms with van der Waals surface area (Å²) in [6, 6.07) is 29.1. The van der Waals surface area contributed by atoms with Crippen molar-refractivity contribution in [1.82, 2.24) is 10.6 Å². The maximum absolute atomic E-state index is 13.5. The van der Waals surface area contributed by atoms with Gasteiger partial charge in [0.25, 0.3) is 0 Å². The number of Topliss-reactive ketones (excluding diaryl/α,β-unsaturated/α-hetero) is 1. The number of aliphatic hydroxyl groups is 1.